The van der Waals surface area contributed by atoms with E-state index in [1.54, 1.807) is 7.11 Å². The van der Waals surface area contributed by atoms with E-state index >= 15 is 0 Å². The van der Waals surface area contributed by atoms with E-state index in [0.717, 1.165) is 37.1 Å². The minimum absolute atomic E-state index is 0.130. The predicted octanol–water partition coefficient (Wildman–Crippen LogP) is 2.70. The standard InChI is InChI=1S/C13H17NO2/c1-16-13-8-4-11(5-9-13)14-10-2-6-12(15)7-3-10/h4-5,8-9,12,15H,2-3,6-7H2,1H3. The van der Waals surface area contributed by atoms with E-state index in [0.29, 0.717) is 0 Å². The van der Waals surface area contributed by atoms with Crippen LogP contribution in [0.2, 0.25) is 0 Å². The highest BCUT2D eigenvalue weighted by Gasteiger charge is 2.14. The lowest BCUT2D eigenvalue weighted by molar-refractivity contribution is 0.152. The largest absolute Gasteiger partial charge is 0.497 e. The first-order chi connectivity index (χ1) is 7.78. The quantitative estimate of drug-likeness (QED) is 0.831. The van der Waals surface area contributed by atoms with Crippen LogP contribution in [-0.2, 0) is 0 Å². The number of nitrogens with zero attached hydrogens (tertiary/aromatic N) is 1. The maximum absolute atomic E-state index is 9.39. The van der Waals surface area contributed by atoms with E-state index < -0.39 is 0 Å². The Morgan fingerprint density at radius 1 is 1.19 bits per heavy atom. The summed E-state index contributed by atoms with van der Waals surface area (Å²) in [6.45, 7) is 0. The van der Waals surface area contributed by atoms with Crippen LogP contribution in [0.4, 0.5) is 5.69 Å². The van der Waals surface area contributed by atoms with E-state index in [-0.39, 0.29) is 6.10 Å². The maximum atomic E-state index is 9.39. The first-order valence-electron chi connectivity index (χ1n) is 5.66. The second kappa shape index (κ2) is 5.12. The normalized spacial score (nSPS) is 20.6. The van der Waals surface area contributed by atoms with Crippen LogP contribution < -0.4 is 4.74 Å². The fraction of sp³-hybridized carbons (Fsp3) is 0.462. The Kier molecular flexibility index (Phi) is 3.57. The summed E-state index contributed by atoms with van der Waals surface area (Å²) in [5.74, 6) is 0.850. The molecule has 16 heavy (non-hydrogen) atoms. The molecule has 0 aliphatic heterocycles. The highest BCUT2D eigenvalue weighted by molar-refractivity contribution is 5.87. The molecule has 0 amide bonds. The highest BCUT2D eigenvalue weighted by atomic mass is 16.5. The fourth-order valence-electron chi connectivity index (χ4n) is 1.89. The Morgan fingerprint density at radius 2 is 1.81 bits per heavy atom. The minimum atomic E-state index is -0.130. The van der Waals surface area contributed by atoms with Gasteiger partial charge in [-0.1, -0.05) is 0 Å². The summed E-state index contributed by atoms with van der Waals surface area (Å²) < 4.78 is 5.09. The number of hydrogen-bond donors (Lipinski definition) is 1. The van der Waals surface area contributed by atoms with Crippen molar-refractivity contribution in [1.82, 2.24) is 0 Å². The third-order valence-electron chi connectivity index (χ3n) is 2.89. The number of aliphatic hydroxyl groups excluding tert-OH is 1. The Balaban J connectivity index is 2.04. The lowest BCUT2D eigenvalue weighted by atomic mass is 9.96. The van der Waals surface area contributed by atoms with Gasteiger partial charge in [0.15, 0.2) is 0 Å². The molecular formula is C13H17NO2. The Morgan fingerprint density at radius 3 is 2.38 bits per heavy atom. The summed E-state index contributed by atoms with van der Waals surface area (Å²) in [5, 5.41) is 9.39. The number of rotatable bonds is 2. The van der Waals surface area contributed by atoms with E-state index in [1.165, 1.54) is 5.71 Å². The smallest absolute Gasteiger partial charge is 0.119 e. The first-order valence-corrected chi connectivity index (χ1v) is 5.66. The van der Waals surface area contributed by atoms with Crippen molar-refractivity contribution in [3.8, 4) is 5.75 Å². The van der Waals surface area contributed by atoms with Gasteiger partial charge in [-0.05, 0) is 49.9 Å². The SMILES string of the molecule is COc1ccc(N=C2CCC(O)CC2)cc1. The van der Waals surface area contributed by atoms with Crippen LogP contribution in [0.1, 0.15) is 25.7 Å². The molecular weight excluding hydrogens is 202 g/mol. The molecule has 0 bridgehead atoms. The lowest BCUT2D eigenvalue weighted by Crippen LogP contribution is -2.17. The van der Waals surface area contributed by atoms with Crippen LogP contribution >= 0.6 is 0 Å². The van der Waals surface area contributed by atoms with Crippen LogP contribution in [0.25, 0.3) is 0 Å². The third kappa shape index (κ3) is 2.83. The van der Waals surface area contributed by atoms with Gasteiger partial charge in [-0.25, -0.2) is 0 Å². The molecule has 0 radical (unpaired) electrons. The molecule has 1 saturated carbocycles. The van der Waals surface area contributed by atoms with Gasteiger partial charge in [-0.3, -0.25) is 4.99 Å². The molecule has 0 aromatic heterocycles. The third-order valence-corrected chi connectivity index (χ3v) is 2.89. The van der Waals surface area contributed by atoms with Gasteiger partial charge < -0.3 is 9.84 Å². The average Bonchev–Trinajstić information content (AvgIpc) is 2.33. The zero-order chi connectivity index (χ0) is 11.4. The monoisotopic (exact) mass is 219 g/mol. The summed E-state index contributed by atoms with van der Waals surface area (Å²) in [5.41, 5.74) is 2.16. The average molecular weight is 219 g/mol. The van der Waals surface area contributed by atoms with Gasteiger partial charge in [0.2, 0.25) is 0 Å². The van der Waals surface area contributed by atoms with E-state index in [1.807, 2.05) is 24.3 Å². The van der Waals surface area contributed by atoms with Gasteiger partial charge in [0.05, 0.1) is 18.9 Å². The second-order valence-corrected chi connectivity index (χ2v) is 4.11. The maximum Gasteiger partial charge on any atom is 0.119 e. The number of methoxy groups -OCH3 is 1. The van der Waals surface area contributed by atoms with Gasteiger partial charge in [0.1, 0.15) is 5.75 Å². The number of hydrogen-bond acceptors (Lipinski definition) is 3. The topological polar surface area (TPSA) is 41.8 Å². The molecule has 3 nitrogen and oxygen atoms in total. The van der Waals surface area contributed by atoms with Crippen molar-refractivity contribution in [2.24, 2.45) is 4.99 Å². The summed E-state index contributed by atoms with van der Waals surface area (Å²) >= 11 is 0. The molecule has 1 aliphatic carbocycles. The van der Waals surface area contributed by atoms with Crippen LogP contribution in [0.15, 0.2) is 29.3 Å². The Bertz CT molecular complexity index is 360. The predicted molar refractivity (Wildman–Crippen MR) is 64.6 cm³/mol. The Labute approximate surface area is 95.8 Å². The van der Waals surface area contributed by atoms with Crippen molar-refractivity contribution in [2.45, 2.75) is 31.8 Å². The van der Waals surface area contributed by atoms with Crippen LogP contribution in [0.5, 0.6) is 5.75 Å². The van der Waals surface area contributed by atoms with E-state index in [9.17, 15) is 5.11 Å². The van der Waals surface area contributed by atoms with Gasteiger partial charge >= 0.3 is 0 Å². The molecule has 0 spiro atoms. The molecule has 1 aliphatic rings. The molecule has 0 heterocycles. The minimum Gasteiger partial charge on any atom is -0.497 e. The van der Waals surface area contributed by atoms with Crippen molar-refractivity contribution in [3.05, 3.63) is 24.3 Å². The molecule has 1 aromatic rings. The van der Waals surface area contributed by atoms with Gasteiger partial charge in [-0.2, -0.15) is 0 Å². The number of aliphatic imine (C=N–C) groups is 1. The Hall–Kier alpha value is -1.35. The molecule has 86 valence electrons. The van der Waals surface area contributed by atoms with E-state index in [4.69, 9.17) is 4.74 Å². The molecule has 0 atom stereocenters. The van der Waals surface area contributed by atoms with Crippen LogP contribution in [-0.4, -0.2) is 24.0 Å². The van der Waals surface area contributed by atoms with Crippen molar-refractivity contribution < 1.29 is 9.84 Å². The second-order valence-electron chi connectivity index (χ2n) is 4.11. The zero-order valence-corrected chi connectivity index (χ0v) is 9.52. The van der Waals surface area contributed by atoms with Crippen molar-refractivity contribution in [2.75, 3.05) is 7.11 Å². The van der Waals surface area contributed by atoms with E-state index in [2.05, 4.69) is 4.99 Å². The molecule has 0 unspecified atom stereocenters. The summed E-state index contributed by atoms with van der Waals surface area (Å²) in [7, 11) is 1.66. The van der Waals surface area contributed by atoms with Gasteiger partial charge in [0.25, 0.3) is 0 Å². The molecule has 0 saturated heterocycles. The molecule has 1 fully saturated rings. The van der Waals surface area contributed by atoms with Crippen molar-refractivity contribution in [3.63, 3.8) is 0 Å². The number of aliphatic hydroxyl groups is 1. The fourth-order valence-corrected chi connectivity index (χ4v) is 1.89. The number of ether oxygens (including phenoxy) is 1. The molecule has 2 rings (SSSR count). The molecule has 1 N–H and O–H groups in total. The van der Waals surface area contributed by atoms with Crippen LogP contribution in [0.3, 0.4) is 0 Å². The molecule has 3 heteroatoms. The first kappa shape index (κ1) is 11.1. The summed E-state index contributed by atoms with van der Waals surface area (Å²) in [4.78, 5) is 4.58. The highest BCUT2D eigenvalue weighted by Crippen LogP contribution is 2.22. The van der Waals surface area contributed by atoms with Crippen molar-refractivity contribution >= 4 is 11.4 Å². The lowest BCUT2D eigenvalue weighted by Gasteiger charge is -2.18. The summed E-state index contributed by atoms with van der Waals surface area (Å²) in [6, 6.07) is 7.74. The molecule has 1 aromatic carbocycles. The zero-order valence-electron chi connectivity index (χ0n) is 9.52. The van der Waals surface area contributed by atoms with Gasteiger partial charge in [0, 0.05) is 5.71 Å². The summed E-state index contributed by atoms with van der Waals surface area (Å²) in [6.07, 6.45) is 3.37. The van der Waals surface area contributed by atoms with Crippen LogP contribution in [0, 0.1) is 0 Å². The number of benzene rings is 1. The van der Waals surface area contributed by atoms with Crippen molar-refractivity contribution in [1.29, 1.82) is 0 Å². The van der Waals surface area contributed by atoms with Gasteiger partial charge in [-0.15, -0.1) is 0 Å².